The van der Waals surface area contributed by atoms with E-state index >= 15 is 0 Å². The molecule has 1 aliphatic carbocycles. The molecule has 7 heteroatoms. The SMILES string of the molecule is CCN(CC)C(=O)CN1C(=O)N[C@@]2(CCCc3sccc32)C1=O. The fourth-order valence-corrected chi connectivity index (χ4v) is 4.50. The molecule has 0 aromatic carbocycles. The quantitative estimate of drug-likeness (QED) is 0.852. The van der Waals surface area contributed by atoms with Gasteiger partial charge in [-0.1, -0.05) is 0 Å². The average molecular weight is 335 g/mol. The van der Waals surface area contributed by atoms with Crippen LogP contribution in [0.5, 0.6) is 0 Å². The van der Waals surface area contributed by atoms with Crippen LogP contribution >= 0.6 is 11.3 Å². The first kappa shape index (κ1) is 16.0. The Kier molecular flexibility index (Phi) is 4.14. The minimum absolute atomic E-state index is 0.187. The van der Waals surface area contributed by atoms with Gasteiger partial charge in [-0.15, -0.1) is 11.3 Å². The maximum absolute atomic E-state index is 13.0. The van der Waals surface area contributed by atoms with Crippen LogP contribution in [0.15, 0.2) is 11.4 Å². The predicted octanol–water partition coefficient (Wildman–Crippen LogP) is 1.70. The molecule has 1 aliphatic heterocycles. The van der Waals surface area contributed by atoms with Crippen LogP contribution in [0.3, 0.4) is 0 Å². The normalized spacial score (nSPS) is 23.1. The van der Waals surface area contributed by atoms with Gasteiger partial charge in [-0.3, -0.25) is 14.5 Å². The molecule has 6 nitrogen and oxygen atoms in total. The molecule has 0 bridgehead atoms. The summed E-state index contributed by atoms with van der Waals surface area (Å²) in [7, 11) is 0. The predicted molar refractivity (Wildman–Crippen MR) is 87.1 cm³/mol. The van der Waals surface area contributed by atoms with Gasteiger partial charge in [0.15, 0.2) is 0 Å². The molecule has 1 aromatic heterocycles. The topological polar surface area (TPSA) is 69.7 Å². The van der Waals surface area contributed by atoms with Gasteiger partial charge in [0.25, 0.3) is 5.91 Å². The number of nitrogens with one attached hydrogen (secondary N) is 1. The van der Waals surface area contributed by atoms with Crippen molar-refractivity contribution in [1.29, 1.82) is 0 Å². The Morgan fingerprint density at radius 2 is 2.13 bits per heavy atom. The zero-order valence-corrected chi connectivity index (χ0v) is 14.2. The molecule has 1 saturated heterocycles. The number of hydrogen-bond acceptors (Lipinski definition) is 4. The summed E-state index contributed by atoms with van der Waals surface area (Å²) in [4.78, 5) is 41.4. The lowest BCUT2D eigenvalue weighted by Crippen LogP contribution is -2.47. The van der Waals surface area contributed by atoms with Crippen LogP contribution in [0, 0.1) is 0 Å². The van der Waals surface area contributed by atoms with Crippen LogP contribution in [0.4, 0.5) is 4.79 Å². The fraction of sp³-hybridized carbons (Fsp3) is 0.562. The van der Waals surface area contributed by atoms with Gasteiger partial charge in [-0.25, -0.2) is 4.79 Å². The summed E-state index contributed by atoms with van der Waals surface area (Å²) in [5.41, 5.74) is -0.0568. The first-order chi connectivity index (χ1) is 11.0. The molecule has 1 aromatic rings. The Bertz CT molecular complexity index is 653. The van der Waals surface area contributed by atoms with Gasteiger partial charge in [-0.2, -0.15) is 0 Å². The number of nitrogens with zero attached hydrogens (tertiary/aromatic N) is 2. The number of hydrogen-bond donors (Lipinski definition) is 1. The van der Waals surface area contributed by atoms with E-state index in [1.165, 1.54) is 0 Å². The summed E-state index contributed by atoms with van der Waals surface area (Å²) >= 11 is 1.62. The van der Waals surface area contributed by atoms with E-state index in [1.807, 2.05) is 25.3 Å². The molecule has 1 N–H and O–H groups in total. The fourth-order valence-electron chi connectivity index (χ4n) is 3.50. The largest absolute Gasteiger partial charge is 0.342 e. The summed E-state index contributed by atoms with van der Waals surface area (Å²) < 4.78 is 0. The Morgan fingerprint density at radius 3 is 2.83 bits per heavy atom. The van der Waals surface area contributed by atoms with Crippen molar-refractivity contribution >= 4 is 29.2 Å². The van der Waals surface area contributed by atoms with Crippen molar-refractivity contribution in [1.82, 2.24) is 15.1 Å². The van der Waals surface area contributed by atoms with Gasteiger partial charge in [-0.05, 0) is 44.6 Å². The van der Waals surface area contributed by atoms with E-state index in [9.17, 15) is 14.4 Å². The number of fused-ring (bicyclic) bond motifs is 2. The number of aryl methyl sites for hydroxylation is 1. The van der Waals surface area contributed by atoms with Crippen molar-refractivity contribution in [2.45, 2.75) is 38.6 Å². The minimum Gasteiger partial charge on any atom is -0.342 e. The number of imide groups is 1. The van der Waals surface area contributed by atoms with Gasteiger partial charge in [0.05, 0.1) is 0 Å². The second-order valence-corrected chi connectivity index (χ2v) is 6.90. The molecule has 1 fully saturated rings. The highest BCUT2D eigenvalue weighted by molar-refractivity contribution is 7.10. The van der Waals surface area contributed by atoms with Crippen LogP contribution in [0.25, 0.3) is 0 Å². The maximum Gasteiger partial charge on any atom is 0.325 e. The molecule has 124 valence electrons. The van der Waals surface area contributed by atoms with Crippen molar-refractivity contribution in [2.24, 2.45) is 0 Å². The molecule has 2 heterocycles. The van der Waals surface area contributed by atoms with Crippen molar-refractivity contribution in [2.75, 3.05) is 19.6 Å². The van der Waals surface area contributed by atoms with Crippen molar-refractivity contribution in [3.05, 3.63) is 21.9 Å². The monoisotopic (exact) mass is 335 g/mol. The first-order valence-electron chi connectivity index (χ1n) is 8.02. The van der Waals surface area contributed by atoms with Crippen LogP contribution in [0.1, 0.15) is 37.1 Å². The summed E-state index contributed by atoms with van der Waals surface area (Å²) in [6.45, 7) is 4.71. The zero-order valence-electron chi connectivity index (χ0n) is 13.4. The second-order valence-electron chi connectivity index (χ2n) is 5.90. The second kappa shape index (κ2) is 5.96. The standard InChI is InChI=1S/C16H21N3O3S/c1-3-18(4-2)13(20)10-19-14(21)16(17-15(19)22)8-5-6-12-11(16)7-9-23-12/h7,9H,3-6,8,10H2,1-2H3,(H,17,22)/t16-/m1/s1. The average Bonchev–Trinajstić information content (AvgIpc) is 3.10. The minimum atomic E-state index is -0.964. The van der Waals surface area contributed by atoms with Gasteiger partial charge in [0, 0.05) is 23.5 Å². The van der Waals surface area contributed by atoms with Gasteiger partial charge >= 0.3 is 6.03 Å². The van der Waals surface area contributed by atoms with Crippen LogP contribution in [-0.4, -0.2) is 47.3 Å². The van der Waals surface area contributed by atoms with E-state index in [2.05, 4.69) is 5.32 Å². The lowest BCUT2D eigenvalue weighted by atomic mass is 9.80. The molecule has 3 rings (SSSR count). The molecule has 0 radical (unpaired) electrons. The number of likely N-dealkylation sites (N-methyl/N-ethyl adjacent to an activating group) is 1. The molecule has 23 heavy (non-hydrogen) atoms. The molecule has 2 aliphatic rings. The third-order valence-corrected chi connectivity index (χ3v) is 5.73. The number of carbonyl (C=O) groups is 3. The maximum atomic E-state index is 13.0. The summed E-state index contributed by atoms with van der Waals surface area (Å²) in [5.74, 6) is -0.487. The Balaban J connectivity index is 1.86. The van der Waals surface area contributed by atoms with Crippen molar-refractivity contribution in [3.63, 3.8) is 0 Å². The lowest BCUT2D eigenvalue weighted by molar-refractivity contribution is -0.139. The Morgan fingerprint density at radius 1 is 1.39 bits per heavy atom. The van der Waals surface area contributed by atoms with E-state index in [1.54, 1.807) is 16.2 Å². The summed E-state index contributed by atoms with van der Waals surface area (Å²) in [6, 6.07) is 1.46. The third kappa shape index (κ3) is 2.43. The molecule has 1 atom stereocenters. The highest BCUT2D eigenvalue weighted by Crippen LogP contribution is 2.42. The first-order valence-corrected chi connectivity index (χ1v) is 8.90. The van der Waals surface area contributed by atoms with Crippen LogP contribution in [0.2, 0.25) is 0 Å². The summed E-state index contributed by atoms with van der Waals surface area (Å²) in [5, 5.41) is 4.82. The number of rotatable bonds is 4. The Labute approximate surface area is 139 Å². The third-order valence-electron chi connectivity index (χ3n) is 4.75. The molecule has 0 saturated carbocycles. The summed E-state index contributed by atoms with van der Waals surface area (Å²) in [6.07, 6.45) is 2.39. The van der Waals surface area contributed by atoms with E-state index in [0.29, 0.717) is 19.5 Å². The molecule has 1 spiro atoms. The number of amides is 4. The highest BCUT2D eigenvalue weighted by atomic mass is 32.1. The number of carbonyl (C=O) groups excluding carboxylic acids is 3. The number of urea groups is 1. The van der Waals surface area contributed by atoms with Gasteiger partial charge in [0.1, 0.15) is 12.1 Å². The molecular weight excluding hydrogens is 314 g/mol. The van der Waals surface area contributed by atoms with E-state index in [0.717, 1.165) is 28.2 Å². The van der Waals surface area contributed by atoms with E-state index < -0.39 is 11.6 Å². The van der Waals surface area contributed by atoms with Crippen molar-refractivity contribution < 1.29 is 14.4 Å². The molecule has 0 unspecified atom stereocenters. The Hall–Kier alpha value is -1.89. The van der Waals surface area contributed by atoms with E-state index in [-0.39, 0.29) is 18.4 Å². The smallest absolute Gasteiger partial charge is 0.325 e. The van der Waals surface area contributed by atoms with Crippen LogP contribution in [-0.2, 0) is 21.5 Å². The lowest BCUT2D eigenvalue weighted by Gasteiger charge is -2.31. The number of thiophene rings is 1. The molecule has 4 amide bonds. The van der Waals surface area contributed by atoms with Gasteiger partial charge in [0.2, 0.25) is 5.91 Å². The van der Waals surface area contributed by atoms with Crippen molar-refractivity contribution in [3.8, 4) is 0 Å². The van der Waals surface area contributed by atoms with Gasteiger partial charge < -0.3 is 10.2 Å². The molecular formula is C16H21N3O3S. The highest BCUT2D eigenvalue weighted by Gasteiger charge is 2.54. The van der Waals surface area contributed by atoms with E-state index in [4.69, 9.17) is 0 Å². The van der Waals surface area contributed by atoms with Crippen LogP contribution < -0.4 is 5.32 Å². The zero-order chi connectivity index (χ0) is 16.6.